The molecule has 5 nitrogen and oxygen atoms in total. The van der Waals surface area contributed by atoms with Gasteiger partial charge in [-0.05, 0) is 44.1 Å². The molecule has 21 heavy (non-hydrogen) atoms. The largest absolute Gasteiger partial charge is 0.481 e. The molecule has 0 aromatic carbocycles. The monoisotopic (exact) mass is 303 g/mol. The molecule has 0 radical (unpaired) electrons. The van der Waals surface area contributed by atoms with Crippen LogP contribution in [0.25, 0.3) is 10.2 Å². The molecule has 4 unspecified atom stereocenters. The van der Waals surface area contributed by atoms with Gasteiger partial charge >= 0.3 is 5.97 Å². The Morgan fingerprint density at radius 3 is 3.00 bits per heavy atom. The van der Waals surface area contributed by atoms with Gasteiger partial charge in [0.15, 0.2) is 0 Å². The molecule has 110 valence electrons. The zero-order valence-corrected chi connectivity index (χ0v) is 12.6. The van der Waals surface area contributed by atoms with E-state index in [0.29, 0.717) is 11.8 Å². The molecule has 2 heterocycles. The number of aromatic nitrogens is 2. The Morgan fingerprint density at radius 1 is 1.38 bits per heavy atom. The van der Waals surface area contributed by atoms with Crippen LogP contribution in [-0.4, -0.2) is 27.1 Å². The van der Waals surface area contributed by atoms with Gasteiger partial charge in [-0.15, -0.1) is 11.3 Å². The highest BCUT2D eigenvalue weighted by Crippen LogP contribution is 2.49. The minimum Gasteiger partial charge on any atom is -0.481 e. The molecule has 4 rings (SSSR count). The number of nitrogens with zero attached hydrogens (tertiary/aromatic N) is 2. The molecule has 2 N–H and O–H groups in total. The lowest BCUT2D eigenvalue weighted by atomic mass is 9.84. The van der Waals surface area contributed by atoms with Gasteiger partial charge in [0, 0.05) is 10.9 Å². The van der Waals surface area contributed by atoms with Gasteiger partial charge in [0.25, 0.3) is 0 Å². The Morgan fingerprint density at radius 2 is 2.19 bits per heavy atom. The Balaban J connectivity index is 1.69. The van der Waals surface area contributed by atoms with Crippen LogP contribution in [0.4, 0.5) is 5.82 Å². The summed E-state index contributed by atoms with van der Waals surface area (Å²) in [5.41, 5.74) is 0. The summed E-state index contributed by atoms with van der Waals surface area (Å²) in [4.78, 5) is 22.4. The van der Waals surface area contributed by atoms with Gasteiger partial charge in [-0.25, -0.2) is 9.97 Å². The molecular weight excluding hydrogens is 286 g/mol. The normalized spacial score (nSPS) is 30.9. The highest BCUT2D eigenvalue weighted by Gasteiger charge is 2.51. The Labute approximate surface area is 126 Å². The third-order valence-electron chi connectivity index (χ3n) is 4.96. The summed E-state index contributed by atoms with van der Waals surface area (Å²) >= 11 is 1.64. The lowest BCUT2D eigenvalue weighted by Crippen LogP contribution is -2.39. The van der Waals surface area contributed by atoms with Crippen molar-refractivity contribution < 1.29 is 9.90 Å². The van der Waals surface area contributed by atoms with Crippen molar-refractivity contribution in [3.05, 3.63) is 17.3 Å². The molecule has 0 amide bonds. The standard InChI is InChI=1S/C15H17N3O2S/c1-7-4-10-13(16-6-17-14(10)21-7)18-12-9-3-2-8(5-9)11(12)15(19)20/h4,6,8-9,11-12H,2-3,5H2,1H3,(H,19,20)(H,16,17,18). The second-order valence-corrected chi connectivity index (χ2v) is 7.40. The number of aliphatic carboxylic acids is 1. The molecule has 2 aromatic heterocycles. The maximum Gasteiger partial charge on any atom is 0.308 e. The summed E-state index contributed by atoms with van der Waals surface area (Å²) in [6.45, 7) is 2.05. The molecule has 0 spiro atoms. The van der Waals surface area contributed by atoms with Gasteiger partial charge in [0.05, 0.1) is 11.3 Å². The number of hydrogen-bond acceptors (Lipinski definition) is 5. The van der Waals surface area contributed by atoms with E-state index in [2.05, 4.69) is 21.4 Å². The topological polar surface area (TPSA) is 75.1 Å². The number of rotatable bonds is 3. The van der Waals surface area contributed by atoms with E-state index >= 15 is 0 Å². The molecule has 2 aromatic rings. The van der Waals surface area contributed by atoms with E-state index in [0.717, 1.165) is 35.3 Å². The lowest BCUT2D eigenvalue weighted by Gasteiger charge is -2.29. The predicted molar refractivity (Wildman–Crippen MR) is 81.5 cm³/mol. The van der Waals surface area contributed by atoms with Crippen molar-refractivity contribution >= 4 is 33.3 Å². The average Bonchev–Trinajstić information content (AvgIpc) is 3.11. The van der Waals surface area contributed by atoms with E-state index in [4.69, 9.17) is 0 Å². The summed E-state index contributed by atoms with van der Waals surface area (Å²) in [5.74, 6) is 0.612. The quantitative estimate of drug-likeness (QED) is 0.912. The highest BCUT2D eigenvalue weighted by atomic mass is 32.1. The minimum absolute atomic E-state index is 0.000411. The summed E-state index contributed by atoms with van der Waals surface area (Å²) in [6.07, 6.45) is 4.77. The first-order valence-corrected chi connectivity index (χ1v) is 8.15. The number of anilines is 1. The van der Waals surface area contributed by atoms with Crippen molar-refractivity contribution in [2.24, 2.45) is 17.8 Å². The zero-order chi connectivity index (χ0) is 14.6. The number of fused-ring (bicyclic) bond motifs is 3. The van der Waals surface area contributed by atoms with Gasteiger partial charge in [-0.3, -0.25) is 4.79 Å². The van der Waals surface area contributed by atoms with Crippen molar-refractivity contribution in [3.8, 4) is 0 Å². The number of hydrogen-bond donors (Lipinski definition) is 2. The van der Waals surface area contributed by atoms with Gasteiger partial charge in [-0.2, -0.15) is 0 Å². The van der Waals surface area contributed by atoms with E-state index in [1.54, 1.807) is 17.7 Å². The lowest BCUT2D eigenvalue weighted by molar-refractivity contribution is -0.143. The molecule has 2 bridgehead atoms. The summed E-state index contributed by atoms with van der Waals surface area (Å²) < 4.78 is 0. The van der Waals surface area contributed by atoms with Crippen LogP contribution < -0.4 is 5.32 Å². The van der Waals surface area contributed by atoms with Crippen LogP contribution in [0.5, 0.6) is 0 Å². The van der Waals surface area contributed by atoms with Gasteiger partial charge in [0.1, 0.15) is 17.0 Å². The van der Waals surface area contributed by atoms with Gasteiger partial charge < -0.3 is 10.4 Å². The fourth-order valence-corrected chi connectivity index (χ4v) is 4.95. The zero-order valence-electron chi connectivity index (χ0n) is 11.7. The Bertz CT molecular complexity index is 714. The fourth-order valence-electron chi connectivity index (χ4n) is 4.10. The SMILES string of the molecule is Cc1cc2c(NC3C4CCC(C4)C3C(=O)O)ncnc2s1. The van der Waals surface area contributed by atoms with Crippen molar-refractivity contribution in [2.45, 2.75) is 32.2 Å². The number of carboxylic acids is 1. The van der Waals surface area contributed by atoms with Crippen molar-refractivity contribution in [3.63, 3.8) is 0 Å². The van der Waals surface area contributed by atoms with Crippen LogP contribution in [0.15, 0.2) is 12.4 Å². The fraction of sp³-hybridized carbons (Fsp3) is 0.533. The second kappa shape index (κ2) is 4.66. The van der Waals surface area contributed by atoms with Gasteiger partial charge in [0.2, 0.25) is 0 Å². The van der Waals surface area contributed by atoms with E-state index < -0.39 is 5.97 Å². The van der Waals surface area contributed by atoms with Crippen LogP contribution in [0, 0.1) is 24.7 Å². The molecule has 4 atom stereocenters. The maximum absolute atomic E-state index is 11.6. The predicted octanol–water partition coefficient (Wildman–Crippen LogP) is 2.91. The second-order valence-electron chi connectivity index (χ2n) is 6.17. The van der Waals surface area contributed by atoms with E-state index in [1.165, 1.54) is 4.88 Å². The molecule has 2 fully saturated rings. The summed E-state index contributed by atoms with van der Waals surface area (Å²) in [7, 11) is 0. The molecule has 0 aliphatic heterocycles. The molecule has 6 heteroatoms. The van der Waals surface area contributed by atoms with Crippen molar-refractivity contribution in [1.82, 2.24) is 9.97 Å². The molecule has 2 aliphatic rings. The minimum atomic E-state index is -0.675. The summed E-state index contributed by atoms with van der Waals surface area (Å²) in [5, 5.41) is 14.0. The van der Waals surface area contributed by atoms with Crippen molar-refractivity contribution in [2.75, 3.05) is 5.32 Å². The number of carbonyl (C=O) groups is 1. The van der Waals surface area contributed by atoms with Crippen LogP contribution in [0.1, 0.15) is 24.1 Å². The Kier molecular flexibility index (Phi) is 2.89. The third-order valence-corrected chi connectivity index (χ3v) is 5.92. The summed E-state index contributed by atoms with van der Waals surface area (Å²) in [6, 6.07) is 2.07. The van der Waals surface area contributed by atoms with Crippen LogP contribution in [0.3, 0.4) is 0 Å². The van der Waals surface area contributed by atoms with E-state index in [1.807, 2.05) is 6.92 Å². The maximum atomic E-state index is 11.6. The first kappa shape index (κ1) is 13.0. The third kappa shape index (κ3) is 2.00. The molecule has 2 aliphatic carbocycles. The smallest absolute Gasteiger partial charge is 0.308 e. The first-order chi connectivity index (χ1) is 10.1. The highest BCUT2D eigenvalue weighted by molar-refractivity contribution is 7.18. The average molecular weight is 303 g/mol. The van der Waals surface area contributed by atoms with Crippen LogP contribution >= 0.6 is 11.3 Å². The van der Waals surface area contributed by atoms with Crippen LogP contribution in [-0.2, 0) is 4.79 Å². The number of nitrogens with one attached hydrogen (secondary N) is 1. The van der Waals surface area contributed by atoms with E-state index in [9.17, 15) is 9.90 Å². The number of thiophene rings is 1. The van der Waals surface area contributed by atoms with E-state index in [-0.39, 0.29) is 12.0 Å². The number of aryl methyl sites for hydroxylation is 1. The molecular formula is C15H17N3O2S. The van der Waals surface area contributed by atoms with Gasteiger partial charge in [-0.1, -0.05) is 0 Å². The molecule has 2 saturated carbocycles. The molecule has 0 saturated heterocycles. The van der Waals surface area contributed by atoms with Crippen molar-refractivity contribution in [1.29, 1.82) is 0 Å². The van der Waals surface area contributed by atoms with Crippen LogP contribution in [0.2, 0.25) is 0 Å². The number of carboxylic acid groups (broad SMARTS) is 1. The Hall–Kier alpha value is -1.69. The first-order valence-electron chi connectivity index (χ1n) is 7.34.